The summed E-state index contributed by atoms with van der Waals surface area (Å²) in [5.41, 5.74) is 2.04. The monoisotopic (exact) mass is 339 g/mol. The van der Waals surface area contributed by atoms with E-state index in [2.05, 4.69) is 4.72 Å². The first-order valence-electron chi connectivity index (χ1n) is 7.10. The molecule has 1 N–H and O–H groups in total. The van der Waals surface area contributed by atoms with Crippen LogP contribution in [-0.2, 0) is 15.4 Å². The molecule has 0 atom stereocenters. The fraction of sp³-hybridized carbons (Fsp3) is 0.294. The smallest absolute Gasteiger partial charge is 0.267 e. The van der Waals surface area contributed by atoms with Crippen LogP contribution in [0.4, 0.5) is 14.5 Å². The third-order valence-corrected chi connectivity index (χ3v) is 4.92. The summed E-state index contributed by atoms with van der Waals surface area (Å²) in [7, 11) is -4.35. The van der Waals surface area contributed by atoms with Gasteiger partial charge in [0.15, 0.2) is 4.90 Å². The second-order valence-corrected chi connectivity index (χ2v) is 8.06. The SMILES string of the molecule is Cc1ccc(NS(=O)(=O)c2c(F)cccc2F)cc1C(C)(C)C. The van der Waals surface area contributed by atoms with Crippen LogP contribution in [-0.4, -0.2) is 8.42 Å². The Balaban J connectivity index is 2.47. The van der Waals surface area contributed by atoms with Crippen molar-refractivity contribution in [2.75, 3.05) is 4.72 Å². The van der Waals surface area contributed by atoms with Gasteiger partial charge in [-0.2, -0.15) is 0 Å². The zero-order valence-corrected chi connectivity index (χ0v) is 14.3. The molecule has 0 fully saturated rings. The molecule has 3 nitrogen and oxygen atoms in total. The van der Waals surface area contributed by atoms with Gasteiger partial charge in [0.05, 0.1) is 0 Å². The van der Waals surface area contributed by atoms with E-state index in [9.17, 15) is 17.2 Å². The highest BCUT2D eigenvalue weighted by molar-refractivity contribution is 7.92. The predicted molar refractivity (Wildman–Crippen MR) is 87.0 cm³/mol. The molecule has 0 spiro atoms. The minimum absolute atomic E-state index is 0.186. The number of hydrogen-bond acceptors (Lipinski definition) is 2. The van der Waals surface area contributed by atoms with E-state index in [0.717, 1.165) is 29.3 Å². The molecular formula is C17H19F2NO2S. The van der Waals surface area contributed by atoms with Crippen LogP contribution < -0.4 is 4.72 Å². The quantitative estimate of drug-likeness (QED) is 0.902. The Kier molecular flexibility index (Phi) is 4.48. The van der Waals surface area contributed by atoms with Gasteiger partial charge in [0.25, 0.3) is 10.0 Å². The van der Waals surface area contributed by atoms with Gasteiger partial charge in [-0.25, -0.2) is 17.2 Å². The first-order chi connectivity index (χ1) is 10.5. The third-order valence-electron chi connectivity index (χ3n) is 3.49. The fourth-order valence-corrected chi connectivity index (χ4v) is 3.63. The van der Waals surface area contributed by atoms with Crippen molar-refractivity contribution in [1.82, 2.24) is 0 Å². The number of anilines is 1. The highest BCUT2D eigenvalue weighted by Crippen LogP contribution is 2.29. The van der Waals surface area contributed by atoms with Crippen LogP contribution in [0.1, 0.15) is 31.9 Å². The van der Waals surface area contributed by atoms with E-state index in [0.29, 0.717) is 0 Å². The Labute approximate surface area is 135 Å². The molecule has 6 heteroatoms. The summed E-state index contributed by atoms with van der Waals surface area (Å²) in [6.07, 6.45) is 0. The molecule has 23 heavy (non-hydrogen) atoms. The van der Waals surface area contributed by atoms with Gasteiger partial charge < -0.3 is 0 Å². The van der Waals surface area contributed by atoms with Gasteiger partial charge in [-0.1, -0.05) is 32.9 Å². The average molecular weight is 339 g/mol. The lowest BCUT2D eigenvalue weighted by molar-refractivity contribution is 0.521. The lowest BCUT2D eigenvalue weighted by Gasteiger charge is -2.22. The zero-order valence-electron chi connectivity index (χ0n) is 13.4. The van der Waals surface area contributed by atoms with Crippen LogP contribution in [0, 0.1) is 18.6 Å². The summed E-state index contributed by atoms with van der Waals surface area (Å²) in [5, 5.41) is 0. The standard InChI is InChI=1S/C17H19F2NO2S/c1-11-8-9-12(10-13(11)17(2,3)4)20-23(21,22)16-14(18)6-5-7-15(16)19/h5-10,20H,1-4H3. The topological polar surface area (TPSA) is 46.2 Å². The van der Waals surface area contributed by atoms with Crippen molar-refractivity contribution in [3.05, 3.63) is 59.2 Å². The van der Waals surface area contributed by atoms with Gasteiger partial charge in [-0.3, -0.25) is 4.72 Å². The molecule has 0 heterocycles. The molecule has 0 amide bonds. The zero-order chi connectivity index (χ0) is 17.4. The van der Waals surface area contributed by atoms with Gasteiger partial charge >= 0.3 is 0 Å². The Bertz CT molecular complexity index is 820. The normalized spacial score (nSPS) is 12.3. The fourth-order valence-electron chi connectivity index (χ4n) is 2.44. The number of hydrogen-bond donors (Lipinski definition) is 1. The number of sulfonamides is 1. The maximum Gasteiger partial charge on any atom is 0.267 e. The van der Waals surface area contributed by atoms with E-state index >= 15 is 0 Å². The molecule has 0 saturated heterocycles. The number of halogens is 2. The molecule has 0 aliphatic heterocycles. The third kappa shape index (κ3) is 3.69. The van der Waals surface area contributed by atoms with Crippen LogP contribution in [0.5, 0.6) is 0 Å². The molecule has 2 rings (SSSR count). The van der Waals surface area contributed by atoms with Gasteiger partial charge in [0.2, 0.25) is 0 Å². The Hall–Kier alpha value is -1.95. The van der Waals surface area contributed by atoms with Crippen LogP contribution in [0.3, 0.4) is 0 Å². The van der Waals surface area contributed by atoms with E-state index in [4.69, 9.17) is 0 Å². The molecule has 0 saturated carbocycles. The first kappa shape index (κ1) is 17.4. The van der Waals surface area contributed by atoms with Crippen LogP contribution in [0.15, 0.2) is 41.3 Å². The van der Waals surface area contributed by atoms with Gasteiger partial charge in [-0.15, -0.1) is 0 Å². The van der Waals surface area contributed by atoms with E-state index < -0.39 is 26.6 Å². The Morgan fingerprint density at radius 1 is 1.00 bits per heavy atom. The maximum atomic E-state index is 13.7. The molecule has 0 radical (unpaired) electrons. The molecule has 0 bridgehead atoms. The molecule has 124 valence electrons. The predicted octanol–water partition coefficient (Wildman–Crippen LogP) is 4.37. The van der Waals surface area contributed by atoms with E-state index in [1.807, 2.05) is 27.7 Å². The number of nitrogens with one attached hydrogen (secondary N) is 1. The van der Waals surface area contributed by atoms with Crippen molar-refractivity contribution < 1.29 is 17.2 Å². The summed E-state index contributed by atoms with van der Waals surface area (Å²) < 4.78 is 54.3. The second-order valence-electron chi connectivity index (χ2n) is 6.44. The molecule has 0 aromatic heterocycles. The van der Waals surface area contributed by atoms with Crippen molar-refractivity contribution in [2.45, 2.75) is 38.0 Å². The summed E-state index contributed by atoms with van der Waals surface area (Å²) in [5.74, 6) is -2.25. The molecular weight excluding hydrogens is 320 g/mol. The van der Waals surface area contributed by atoms with Crippen LogP contribution in [0.2, 0.25) is 0 Å². The lowest BCUT2D eigenvalue weighted by Crippen LogP contribution is -2.18. The first-order valence-corrected chi connectivity index (χ1v) is 8.58. The minimum Gasteiger partial charge on any atom is -0.279 e. The van der Waals surface area contributed by atoms with Crippen molar-refractivity contribution in [1.29, 1.82) is 0 Å². The Morgan fingerprint density at radius 3 is 2.09 bits per heavy atom. The summed E-state index contributed by atoms with van der Waals surface area (Å²) >= 11 is 0. The van der Waals surface area contributed by atoms with E-state index in [1.165, 1.54) is 0 Å². The molecule has 0 aliphatic rings. The van der Waals surface area contributed by atoms with E-state index in [1.54, 1.807) is 18.2 Å². The molecule has 2 aromatic rings. The number of aryl methyl sites for hydroxylation is 1. The number of benzene rings is 2. The lowest BCUT2D eigenvalue weighted by atomic mass is 9.84. The van der Waals surface area contributed by atoms with Crippen molar-refractivity contribution in [3.8, 4) is 0 Å². The highest BCUT2D eigenvalue weighted by atomic mass is 32.2. The largest absolute Gasteiger partial charge is 0.279 e. The maximum absolute atomic E-state index is 13.7. The van der Waals surface area contributed by atoms with Gasteiger partial charge in [0.1, 0.15) is 11.6 Å². The molecule has 0 aliphatic carbocycles. The van der Waals surface area contributed by atoms with Gasteiger partial charge in [0, 0.05) is 5.69 Å². The summed E-state index contributed by atoms with van der Waals surface area (Å²) in [4.78, 5) is -0.974. The van der Waals surface area contributed by atoms with E-state index in [-0.39, 0.29) is 11.1 Å². The van der Waals surface area contributed by atoms with Crippen LogP contribution in [0.25, 0.3) is 0 Å². The van der Waals surface area contributed by atoms with Crippen molar-refractivity contribution >= 4 is 15.7 Å². The van der Waals surface area contributed by atoms with Crippen molar-refractivity contribution in [3.63, 3.8) is 0 Å². The van der Waals surface area contributed by atoms with Gasteiger partial charge in [-0.05, 0) is 47.7 Å². The Morgan fingerprint density at radius 2 is 1.57 bits per heavy atom. The van der Waals surface area contributed by atoms with Crippen LogP contribution >= 0.6 is 0 Å². The summed E-state index contributed by atoms with van der Waals surface area (Å²) in [6.45, 7) is 7.94. The van der Waals surface area contributed by atoms with Crippen molar-refractivity contribution in [2.24, 2.45) is 0 Å². The summed E-state index contributed by atoms with van der Waals surface area (Å²) in [6, 6.07) is 7.97. The number of rotatable bonds is 3. The highest BCUT2D eigenvalue weighted by Gasteiger charge is 2.25. The molecule has 2 aromatic carbocycles. The molecule has 0 unspecified atom stereocenters. The second kappa shape index (κ2) is 5.92. The average Bonchev–Trinajstić information content (AvgIpc) is 2.39. The minimum atomic E-state index is -4.35.